The zero-order valence-electron chi connectivity index (χ0n) is 32.0. The molecule has 12 nitrogen and oxygen atoms in total. The van der Waals surface area contributed by atoms with E-state index in [9.17, 15) is 19.2 Å². The molecule has 1 unspecified atom stereocenters. The molecular formula is C34H68Cl2N4O8. The van der Waals surface area contributed by atoms with Crippen molar-refractivity contribution in [1.82, 2.24) is 10.6 Å². The van der Waals surface area contributed by atoms with E-state index in [1.54, 1.807) is 21.1 Å². The molecule has 0 radical (unpaired) electrons. The van der Waals surface area contributed by atoms with E-state index < -0.39 is 5.41 Å². The van der Waals surface area contributed by atoms with Gasteiger partial charge in [0, 0.05) is 51.6 Å². The summed E-state index contributed by atoms with van der Waals surface area (Å²) in [6, 6.07) is 0. The first-order valence-electron chi connectivity index (χ1n) is 15.9. The van der Waals surface area contributed by atoms with E-state index in [2.05, 4.69) is 75.6 Å². The Bertz CT molecular complexity index is 905. The number of nitrogens with one attached hydrogen (secondary N) is 2. The SMILES string of the molecule is C=C(C)C(=O)OCCOC.C=CC(=O)NCCC[N+](C)(C)C.CCC(CC(C)(C)C(=O)OCCOC)C(=O)NCCC[N+](C)(C)C.[Cl-].[Cl-]. The van der Waals surface area contributed by atoms with Gasteiger partial charge in [-0.2, -0.15) is 0 Å². The van der Waals surface area contributed by atoms with Crippen molar-refractivity contribution in [3.63, 3.8) is 0 Å². The summed E-state index contributed by atoms with van der Waals surface area (Å²) in [4.78, 5) is 45.9. The first-order valence-corrected chi connectivity index (χ1v) is 15.9. The van der Waals surface area contributed by atoms with Gasteiger partial charge in [0.25, 0.3) is 0 Å². The first kappa shape index (κ1) is 55.2. The zero-order chi connectivity index (χ0) is 36.4. The Balaban J connectivity index is -0.000000215. The van der Waals surface area contributed by atoms with Gasteiger partial charge in [0.2, 0.25) is 11.8 Å². The fourth-order valence-corrected chi connectivity index (χ4v) is 3.62. The molecule has 0 aliphatic rings. The number of halogens is 2. The average Bonchev–Trinajstić information content (AvgIpc) is 2.95. The molecular weight excluding hydrogens is 663 g/mol. The van der Waals surface area contributed by atoms with Crippen LogP contribution in [0.25, 0.3) is 0 Å². The summed E-state index contributed by atoms with van der Waals surface area (Å²) in [5.74, 6) is -0.889. The molecule has 14 heteroatoms. The van der Waals surface area contributed by atoms with Crippen LogP contribution in [0.2, 0.25) is 0 Å². The van der Waals surface area contributed by atoms with Crippen molar-refractivity contribution >= 4 is 23.8 Å². The lowest BCUT2D eigenvalue weighted by Crippen LogP contribution is -3.00. The number of carbonyl (C=O) groups excluding carboxylic acids is 4. The van der Waals surface area contributed by atoms with E-state index >= 15 is 0 Å². The van der Waals surface area contributed by atoms with Gasteiger partial charge in [-0.05, 0) is 39.7 Å². The molecule has 0 rings (SSSR count). The monoisotopic (exact) mass is 730 g/mol. The predicted molar refractivity (Wildman–Crippen MR) is 184 cm³/mol. The number of nitrogens with zero attached hydrogens (tertiary/aromatic N) is 2. The van der Waals surface area contributed by atoms with Crippen molar-refractivity contribution < 1.29 is 71.9 Å². The molecule has 48 heavy (non-hydrogen) atoms. The Labute approximate surface area is 304 Å². The number of rotatable bonds is 21. The van der Waals surface area contributed by atoms with Gasteiger partial charge in [-0.1, -0.05) is 20.1 Å². The highest BCUT2D eigenvalue weighted by Gasteiger charge is 2.34. The number of ether oxygens (including phenoxy) is 4. The topological polar surface area (TPSA) is 129 Å². The molecule has 0 aromatic heterocycles. The highest BCUT2D eigenvalue weighted by atomic mass is 35.5. The standard InChI is InChI=1S/C18H36N2O4.C9H18N2O.C7H12O3.2ClH/c1-8-15(16(21)19-10-9-11-20(4,5)6)14-18(2,3)17(22)24-13-12-23-7;1-5-9(12)10-7-6-8-11(2,3)4;1-6(2)7(8)10-5-4-9-3;;/h15H,8-14H2,1-7H3;5H,1,6-8H2,2-4H3;1,4-5H2,2-3H3;2*1H. The molecule has 0 aromatic rings. The molecule has 2 amide bonds. The lowest BCUT2D eigenvalue weighted by Gasteiger charge is -2.27. The average molecular weight is 732 g/mol. The molecule has 0 saturated carbocycles. The van der Waals surface area contributed by atoms with E-state index in [4.69, 9.17) is 9.47 Å². The van der Waals surface area contributed by atoms with Gasteiger partial charge in [-0.15, -0.1) is 0 Å². The van der Waals surface area contributed by atoms with Crippen LogP contribution in [0.1, 0.15) is 53.4 Å². The van der Waals surface area contributed by atoms with E-state index in [0.717, 1.165) is 41.4 Å². The van der Waals surface area contributed by atoms with Gasteiger partial charge < -0.3 is 63.4 Å². The van der Waals surface area contributed by atoms with Crippen molar-refractivity contribution in [3.05, 3.63) is 24.8 Å². The quantitative estimate of drug-likeness (QED) is 0.0553. The Kier molecular flexibility index (Phi) is 35.4. The number of amides is 2. The van der Waals surface area contributed by atoms with Crippen LogP contribution in [0.4, 0.5) is 0 Å². The summed E-state index contributed by atoms with van der Waals surface area (Å²) >= 11 is 0. The van der Waals surface area contributed by atoms with Crippen LogP contribution in [0.5, 0.6) is 0 Å². The fourth-order valence-electron chi connectivity index (χ4n) is 3.62. The molecule has 2 N–H and O–H groups in total. The van der Waals surface area contributed by atoms with Gasteiger partial charge in [0.05, 0.1) is 74.0 Å². The maximum absolute atomic E-state index is 12.4. The van der Waals surface area contributed by atoms with Gasteiger partial charge in [0.15, 0.2) is 0 Å². The van der Waals surface area contributed by atoms with Crippen molar-refractivity contribution in [2.24, 2.45) is 11.3 Å². The highest BCUT2D eigenvalue weighted by molar-refractivity contribution is 5.87. The van der Waals surface area contributed by atoms with Crippen LogP contribution >= 0.6 is 0 Å². The van der Waals surface area contributed by atoms with Crippen molar-refractivity contribution in [2.75, 3.05) is 109 Å². The fraction of sp³-hybridized carbons (Fsp3) is 0.765. The lowest BCUT2D eigenvalue weighted by atomic mass is 9.81. The Morgan fingerprint density at radius 2 is 1.23 bits per heavy atom. The van der Waals surface area contributed by atoms with Gasteiger partial charge >= 0.3 is 11.9 Å². The van der Waals surface area contributed by atoms with Crippen LogP contribution in [0, 0.1) is 11.3 Å². The number of esters is 2. The summed E-state index contributed by atoms with van der Waals surface area (Å²) < 4.78 is 21.3. The third-order valence-electron chi connectivity index (χ3n) is 6.36. The second-order valence-corrected chi connectivity index (χ2v) is 13.8. The maximum Gasteiger partial charge on any atom is 0.333 e. The number of hydrogen-bond donors (Lipinski definition) is 2. The van der Waals surface area contributed by atoms with Gasteiger partial charge in [-0.3, -0.25) is 14.4 Å². The third-order valence-corrected chi connectivity index (χ3v) is 6.36. The summed E-state index contributed by atoms with van der Waals surface area (Å²) in [7, 11) is 15.9. The summed E-state index contributed by atoms with van der Waals surface area (Å²) in [5, 5.41) is 5.74. The van der Waals surface area contributed by atoms with Crippen LogP contribution in [0.3, 0.4) is 0 Å². The number of carbonyl (C=O) groups is 4. The van der Waals surface area contributed by atoms with Crippen molar-refractivity contribution in [2.45, 2.75) is 53.4 Å². The van der Waals surface area contributed by atoms with E-state index in [1.165, 1.54) is 6.08 Å². The smallest absolute Gasteiger partial charge is 0.333 e. The number of quaternary nitrogens is 2. The largest absolute Gasteiger partial charge is 1.00 e. The van der Waals surface area contributed by atoms with E-state index in [-0.39, 0.29) is 61.1 Å². The van der Waals surface area contributed by atoms with Crippen LogP contribution < -0.4 is 35.4 Å². The molecule has 0 spiro atoms. The molecule has 0 aromatic carbocycles. The minimum Gasteiger partial charge on any atom is -1.00 e. The Hall–Kier alpha value is -2.22. The number of hydrogen-bond acceptors (Lipinski definition) is 8. The maximum atomic E-state index is 12.4. The lowest BCUT2D eigenvalue weighted by molar-refractivity contribution is -0.870. The molecule has 0 saturated heterocycles. The molecule has 0 heterocycles. The molecule has 0 aliphatic carbocycles. The van der Waals surface area contributed by atoms with Crippen LogP contribution in [-0.2, 0) is 38.1 Å². The zero-order valence-corrected chi connectivity index (χ0v) is 33.5. The van der Waals surface area contributed by atoms with Crippen LogP contribution in [-0.4, -0.2) is 142 Å². The predicted octanol–water partition coefficient (Wildman–Crippen LogP) is -3.02. The second kappa shape index (κ2) is 30.8. The Morgan fingerprint density at radius 1 is 0.792 bits per heavy atom. The van der Waals surface area contributed by atoms with Crippen molar-refractivity contribution in [3.8, 4) is 0 Å². The molecule has 1 atom stereocenters. The Morgan fingerprint density at radius 3 is 1.60 bits per heavy atom. The second-order valence-electron chi connectivity index (χ2n) is 13.8. The molecule has 0 fully saturated rings. The summed E-state index contributed by atoms with van der Waals surface area (Å²) in [6.07, 6.45) is 4.43. The van der Waals surface area contributed by atoms with E-state index in [0.29, 0.717) is 44.8 Å². The van der Waals surface area contributed by atoms with Gasteiger partial charge in [0.1, 0.15) is 13.2 Å². The van der Waals surface area contributed by atoms with E-state index in [1.807, 2.05) is 20.8 Å². The summed E-state index contributed by atoms with van der Waals surface area (Å²) in [6.45, 7) is 18.9. The van der Waals surface area contributed by atoms with Crippen molar-refractivity contribution in [1.29, 1.82) is 0 Å². The normalized spacial score (nSPS) is 11.3. The van der Waals surface area contributed by atoms with Crippen LogP contribution in [0.15, 0.2) is 24.8 Å². The van der Waals surface area contributed by atoms with Gasteiger partial charge in [-0.25, -0.2) is 4.79 Å². The molecule has 0 bridgehead atoms. The minimum atomic E-state index is -0.686. The number of methoxy groups -OCH3 is 2. The molecule has 0 aliphatic heterocycles. The minimum absolute atomic E-state index is 0. The molecule has 286 valence electrons. The summed E-state index contributed by atoms with van der Waals surface area (Å²) in [5.41, 5.74) is -0.273. The first-order chi connectivity index (χ1) is 21.2. The third kappa shape index (κ3) is 36.6. The highest BCUT2D eigenvalue weighted by Crippen LogP contribution is 2.29.